The van der Waals surface area contributed by atoms with Crippen LogP contribution in [0.5, 0.6) is 11.5 Å². The van der Waals surface area contributed by atoms with Gasteiger partial charge in [0.2, 0.25) is 5.82 Å². The van der Waals surface area contributed by atoms with Gasteiger partial charge in [-0.3, -0.25) is 10.1 Å². The summed E-state index contributed by atoms with van der Waals surface area (Å²) in [5.74, 6) is 0.637. The fourth-order valence-corrected chi connectivity index (χ4v) is 2.12. The summed E-state index contributed by atoms with van der Waals surface area (Å²) in [6, 6.07) is 10.2. The maximum Gasteiger partial charge on any atom is 0.311 e. The van der Waals surface area contributed by atoms with Crippen LogP contribution in [0, 0.1) is 22.9 Å². The Bertz CT molecular complexity index is 911. The van der Waals surface area contributed by atoms with Gasteiger partial charge in [0.25, 0.3) is 5.89 Å². The predicted octanol–water partition coefficient (Wildman–Crippen LogP) is 3.58. The molecule has 0 unspecified atom stereocenters. The number of nitro groups is 1. The molecule has 0 saturated carbocycles. The van der Waals surface area contributed by atoms with Crippen LogP contribution in [0.25, 0.3) is 0 Å². The molecule has 0 bridgehead atoms. The molecule has 1 heterocycles. The standard InChI is InChI=1S/C17H14FN3O5/c1-11-2-7-15(14(8-11)21(22)23)25-10-17-19-16(20-26-17)9-24-13-5-3-12(18)4-6-13/h2-8H,9-10H2,1H3. The summed E-state index contributed by atoms with van der Waals surface area (Å²) in [6.45, 7) is 1.66. The lowest BCUT2D eigenvalue weighted by atomic mass is 10.2. The third-order valence-electron chi connectivity index (χ3n) is 3.35. The number of aromatic nitrogens is 2. The molecule has 0 aliphatic carbocycles. The first-order valence-electron chi connectivity index (χ1n) is 7.59. The highest BCUT2D eigenvalue weighted by molar-refractivity contribution is 5.48. The van der Waals surface area contributed by atoms with Gasteiger partial charge < -0.3 is 14.0 Å². The molecule has 9 heteroatoms. The van der Waals surface area contributed by atoms with Crippen LogP contribution in [0.3, 0.4) is 0 Å². The Labute approximate surface area is 147 Å². The van der Waals surface area contributed by atoms with E-state index in [4.69, 9.17) is 14.0 Å². The van der Waals surface area contributed by atoms with Crippen LogP contribution in [-0.4, -0.2) is 15.1 Å². The molecule has 0 atom stereocenters. The molecule has 0 fully saturated rings. The van der Waals surface area contributed by atoms with E-state index in [-0.39, 0.29) is 42.2 Å². The van der Waals surface area contributed by atoms with E-state index in [1.807, 2.05) is 0 Å². The maximum atomic E-state index is 12.8. The minimum atomic E-state index is -0.516. The smallest absolute Gasteiger partial charge is 0.311 e. The minimum absolute atomic E-state index is 0.0276. The van der Waals surface area contributed by atoms with Crippen molar-refractivity contribution >= 4 is 5.69 Å². The normalized spacial score (nSPS) is 10.5. The molecule has 0 radical (unpaired) electrons. The fourth-order valence-electron chi connectivity index (χ4n) is 2.12. The molecule has 26 heavy (non-hydrogen) atoms. The number of benzene rings is 2. The van der Waals surface area contributed by atoms with E-state index in [9.17, 15) is 14.5 Å². The lowest BCUT2D eigenvalue weighted by Crippen LogP contribution is -2.01. The number of nitro benzene ring substituents is 1. The molecule has 3 rings (SSSR count). The second-order valence-corrected chi connectivity index (χ2v) is 5.36. The lowest BCUT2D eigenvalue weighted by Gasteiger charge is -2.04. The third kappa shape index (κ3) is 4.32. The Kier molecular flexibility index (Phi) is 5.07. The summed E-state index contributed by atoms with van der Waals surface area (Å²) in [5, 5.41) is 14.8. The highest BCUT2D eigenvalue weighted by atomic mass is 19.1. The Morgan fingerprint density at radius 2 is 1.92 bits per heavy atom. The van der Waals surface area contributed by atoms with Crippen LogP contribution in [0.15, 0.2) is 47.0 Å². The first-order chi connectivity index (χ1) is 12.5. The van der Waals surface area contributed by atoms with Gasteiger partial charge in [0.15, 0.2) is 19.0 Å². The van der Waals surface area contributed by atoms with Gasteiger partial charge in [0.05, 0.1) is 4.92 Å². The van der Waals surface area contributed by atoms with Crippen molar-refractivity contribution in [2.45, 2.75) is 20.1 Å². The Balaban J connectivity index is 1.59. The first kappa shape index (κ1) is 17.3. The van der Waals surface area contributed by atoms with Crippen molar-refractivity contribution in [2.75, 3.05) is 0 Å². The second-order valence-electron chi connectivity index (χ2n) is 5.36. The van der Waals surface area contributed by atoms with Gasteiger partial charge in [-0.05, 0) is 42.8 Å². The van der Waals surface area contributed by atoms with Gasteiger partial charge >= 0.3 is 5.69 Å². The fraction of sp³-hybridized carbons (Fsp3) is 0.176. The molecular weight excluding hydrogens is 345 g/mol. The summed E-state index contributed by atoms with van der Waals surface area (Å²) in [7, 11) is 0. The summed E-state index contributed by atoms with van der Waals surface area (Å²) < 4.78 is 28.7. The SMILES string of the molecule is Cc1ccc(OCc2nc(COc3ccc(F)cc3)no2)c([N+](=O)[O-])c1. The van der Waals surface area contributed by atoms with E-state index in [0.29, 0.717) is 5.75 Å². The molecule has 0 amide bonds. The summed E-state index contributed by atoms with van der Waals surface area (Å²) >= 11 is 0. The van der Waals surface area contributed by atoms with Gasteiger partial charge in [0, 0.05) is 6.07 Å². The molecule has 0 spiro atoms. The lowest BCUT2D eigenvalue weighted by molar-refractivity contribution is -0.386. The van der Waals surface area contributed by atoms with Crippen molar-refractivity contribution < 1.29 is 23.3 Å². The average molecular weight is 359 g/mol. The maximum absolute atomic E-state index is 12.8. The van der Waals surface area contributed by atoms with Gasteiger partial charge in [0.1, 0.15) is 11.6 Å². The highest BCUT2D eigenvalue weighted by Crippen LogP contribution is 2.28. The number of rotatable bonds is 7. The van der Waals surface area contributed by atoms with Crippen LogP contribution in [0.4, 0.5) is 10.1 Å². The van der Waals surface area contributed by atoms with Gasteiger partial charge in [-0.1, -0.05) is 11.2 Å². The topological polar surface area (TPSA) is 101 Å². The number of ether oxygens (including phenoxy) is 2. The van der Waals surface area contributed by atoms with Crippen molar-refractivity contribution in [3.8, 4) is 11.5 Å². The number of hydrogen-bond donors (Lipinski definition) is 0. The van der Waals surface area contributed by atoms with Gasteiger partial charge in [-0.15, -0.1) is 0 Å². The van der Waals surface area contributed by atoms with E-state index < -0.39 is 4.92 Å². The summed E-state index contributed by atoms with van der Waals surface area (Å²) in [6.07, 6.45) is 0. The van der Waals surface area contributed by atoms with E-state index in [2.05, 4.69) is 10.1 Å². The Hall–Kier alpha value is -3.49. The van der Waals surface area contributed by atoms with Crippen molar-refractivity contribution in [3.05, 3.63) is 75.7 Å². The first-order valence-corrected chi connectivity index (χ1v) is 7.59. The number of nitrogens with zero attached hydrogens (tertiary/aromatic N) is 3. The second kappa shape index (κ2) is 7.60. The minimum Gasteiger partial charge on any atom is -0.485 e. The molecule has 0 saturated heterocycles. The van der Waals surface area contributed by atoms with Crippen molar-refractivity contribution in [1.29, 1.82) is 0 Å². The zero-order valence-electron chi connectivity index (χ0n) is 13.7. The zero-order valence-corrected chi connectivity index (χ0v) is 13.7. The van der Waals surface area contributed by atoms with Crippen molar-refractivity contribution in [1.82, 2.24) is 10.1 Å². The highest BCUT2D eigenvalue weighted by Gasteiger charge is 2.16. The predicted molar refractivity (Wildman–Crippen MR) is 87.2 cm³/mol. The van der Waals surface area contributed by atoms with Crippen LogP contribution in [0.1, 0.15) is 17.3 Å². The number of halogens is 1. The van der Waals surface area contributed by atoms with Crippen LogP contribution >= 0.6 is 0 Å². The monoisotopic (exact) mass is 359 g/mol. The quantitative estimate of drug-likeness (QED) is 0.469. The van der Waals surface area contributed by atoms with E-state index in [1.54, 1.807) is 13.0 Å². The molecule has 134 valence electrons. The molecule has 8 nitrogen and oxygen atoms in total. The molecule has 2 aromatic carbocycles. The van der Waals surface area contributed by atoms with Gasteiger partial charge in [-0.25, -0.2) is 4.39 Å². The number of aryl methyl sites for hydroxylation is 1. The molecule has 0 aliphatic rings. The molecule has 0 aliphatic heterocycles. The average Bonchev–Trinajstić information content (AvgIpc) is 3.08. The summed E-state index contributed by atoms with van der Waals surface area (Å²) in [4.78, 5) is 14.6. The van der Waals surface area contributed by atoms with Crippen LogP contribution < -0.4 is 9.47 Å². The van der Waals surface area contributed by atoms with Crippen molar-refractivity contribution in [3.63, 3.8) is 0 Å². The molecular formula is C17H14FN3O5. The molecule has 1 aromatic heterocycles. The van der Waals surface area contributed by atoms with E-state index >= 15 is 0 Å². The van der Waals surface area contributed by atoms with Gasteiger partial charge in [-0.2, -0.15) is 4.98 Å². The third-order valence-corrected chi connectivity index (χ3v) is 3.35. The van der Waals surface area contributed by atoms with Crippen LogP contribution in [-0.2, 0) is 13.2 Å². The van der Waals surface area contributed by atoms with Crippen molar-refractivity contribution in [2.24, 2.45) is 0 Å². The van der Waals surface area contributed by atoms with E-state index in [1.165, 1.54) is 36.4 Å². The molecule has 0 N–H and O–H groups in total. The Morgan fingerprint density at radius 1 is 1.15 bits per heavy atom. The zero-order chi connectivity index (χ0) is 18.5. The summed E-state index contributed by atoms with van der Waals surface area (Å²) in [5.41, 5.74) is 0.617. The number of hydrogen-bond acceptors (Lipinski definition) is 7. The Morgan fingerprint density at radius 3 is 2.65 bits per heavy atom. The largest absolute Gasteiger partial charge is 0.485 e. The van der Waals surface area contributed by atoms with Crippen LogP contribution in [0.2, 0.25) is 0 Å². The molecule has 3 aromatic rings. The van der Waals surface area contributed by atoms with E-state index in [0.717, 1.165) is 5.56 Å².